The van der Waals surface area contributed by atoms with E-state index in [4.69, 9.17) is 0 Å². The maximum absolute atomic E-state index is 12.1. The number of halogens is 1. The monoisotopic (exact) mass is 296 g/mol. The van der Waals surface area contributed by atoms with Crippen LogP contribution in [0.2, 0.25) is 0 Å². The molecule has 0 amide bonds. The van der Waals surface area contributed by atoms with Gasteiger partial charge >= 0.3 is 0 Å². The van der Waals surface area contributed by atoms with Gasteiger partial charge in [-0.3, -0.25) is 14.7 Å². The molecule has 0 radical (unpaired) electrons. The predicted molar refractivity (Wildman–Crippen MR) is 71.8 cm³/mol. The molecule has 0 spiro atoms. The van der Waals surface area contributed by atoms with Crippen LogP contribution in [0.4, 0.5) is 0 Å². The average Bonchev–Trinajstić information content (AvgIpc) is 2.35. The van der Waals surface area contributed by atoms with E-state index >= 15 is 0 Å². The summed E-state index contributed by atoms with van der Waals surface area (Å²) in [5, 5.41) is 4.31. The molecule has 1 aromatic carbocycles. The molecule has 0 aliphatic rings. The van der Waals surface area contributed by atoms with E-state index in [9.17, 15) is 9.59 Å². The largest absolute Gasteiger partial charge is 0.273 e. The lowest BCUT2D eigenvalue weighted by Gasteiger charge is -2.10. The maximum Gasteiger partial charge on any atom is 0.273 e. The first-order chi connectivity index (χ1) is 8.13. The zero-order valence-electron chi connectivity index (χ0n) is 9.44. The predicted octanol–water partition coefficient (Wildman–Crippen LogP) is 1.72. The van der Waals surface area contributed by atoms with Gasteiger partial charge in [0.05, 0.1) is 10.8 Å². The van der Waals surface area contributed by atoms with E-state index in [0.29, 0.717) is 17.3 Å². The van der Waals surface area contributed by atoms with E-state index in [1.807, 2.05) is 6.92 Å². The molecule has 2 rings (SSSR count). The quantitative estimate of drug-likeness (QED) is 0.877. The van der Waals surface area contributed by atoms with Crippen LogP contribution in [0.15, 0.2) is 33.9 Å². The van der Waals surface area contributed by atoms with Crippen molar-refractivity contribution in [2.45, 2.75) is 13.5 Å². The lowest BCUT2D eigenvalue weighted by molar-refractivity contribution is 0.470. The third kappa shape index (κ3) is 2.34. The van der Waals surface area contributed by atoms with E-state index in [-0.39, 0.29) is 17.0 Å². The topological polar surface area (TPSA) is 54.9 Å². The van der Waals surface area contributed by atoms with Crippen LogP contribution < -0.4 is 11.1 Å². The number of alkyl halides is 1. The number of hydrogen-bond donors (Lipinski definition) is 1. The standard InChI is InChI=1S/C12H13BrN2O2/c1-8(6-13)7-15-12(17)10-5-3-2-4-9(10)11(16)14-15/h2-5,8H,6-7H2,1H3,(H,14,16). The maximum atomic E-state index is 12.1. The molecule has 0 fully saturated rings. The number of rotatable bonds is 3. The third-order valence-electron chi connectivity index (χ3n) is 2.64. The highest BCUT2D eigenvalue weighted by Crippen LogP contribution is 2.05. The van der Waals surface area contributed by atoms with Gasteiger partial charge in [-0.25, -0.2) is 4.68 Å². The van der Waals surface area contributed by atoms with Gasteiger partial charge in [0.2, 0.25) is 0 Å². The minimum atomic E-state index is -0.220. The van der Waals surface area contributed by atoms with Crippen LogP contribution in [0.3, 0.4) is 0 Å². The first-order valence-electron chi connectivity index (χ1n) is 5.41. The highest BCUT2D eigenvalue weighted by molar-refractivity contribution is 9.09. The lowest BCUT2D eigenvalue weighted by atomic mass is 10.2. The summed E-state index contributed by atoms with van der Waals surface area (Å²) >= 11 is 3.36. The van der Waals surface area contributed by atoms with Crippen molar-refractivity contribution in [3.63, 3.8) is 0 Å². The fourth-order valence-corrected chi connectivity index (χ4v) is 1.94. The number of H-pyrrole nitrogens is 1. The Bertz CT molecular complexity index is 645. The summed E-state index contributed by atoms with van der Waals surface area (Å²) in [4.78, 5) is 23.9. The molecular weight excluding hydrogens is 284 g/mol. The Hall–Kier alpha value is -1.36. The van der Waals surface area contributed by atoms with Crippen molar-refractivity contribution in [3.8, 4) is 0 Å². The van der Waals surface area contributed by atoms with Crippen LogP contribution >= 0.6 is 15.9 Å². The highest BCUT2D eigenvalue weighted by atomic mass is 79.9. The summed E-state index contributed by atoms with van der Waals surface area (Å²) in [6.07, 6.45) is 0. The molecule has 1 unspecified atom stereocenters. The molecule has 2 aromatic rings. The summed E-state index contributed by atoms with van der Waals surface area (Å²) in [5.74, 6) is 0.282. The van der Waals surface area contributed by atoms with Gasteiger partial charge in [-0.05, 0) is 18.1 Å². The molecule has 4 nitrogen and oxygen atoms in total. The second-order valence-electron chi connectivity index (χ2n) is 4.16. The molecule has 0 saturated heterocycles. The number of nitrogens with one attached hydrogen (secondary N) is 1. The van der Waals surface area contributed by atoms with E-state index in [1.165, 1.54) is 4.68 Å². The number of hydrogen-bond acceptors (Lipinski definition) is 2. The van der Waals surface area contributed by atoms with Gasteiger partial charge in [0.1, 0.15) is 0 Å². The second-order valence-corrected chi connectivity index (χ2v) is 4.81. The van der Waals surface area contributed by atoms with Gasteiger partial charge < -0.3 is 0 Å². The molecule has 0 saturated carbocycles. The molecule has 17 heavy (non-hydrogen) atoms. The minimum absolute atomic E-state index is 0.145. The van der Waals surface area contributed by atoms with Gasteiger partial charge in [-0.1, -0.05) is 35.0 Å². The summed E-state index contributed by atoms with van der Waals surface area (Å²) < 4.78 is 1.39. The Morgan fingerprint density at radius 1 is 1.29 bits per heavy atom. The van der Waals surface area contributed by atoms with Crippen molar-refractivity contribution in [2.24, 2.45) is 5.92 Å². The molecule has 0 aliphatic heterocycles. The molecule has 1 heterocycles. The van der Waals surface area contributed by atoms with Gasteiger partial charge in [0.25, 0.3) is 11.1 Å². The fourth-order valence-electron chi connectivity index (χ4n) is 1.74. The van der Waals surface area contributed by atoms with Crippen LogP contribution in [0.25, 0.3) is 10.8 Å². The normalized spacial score (nSPS) is 12.8. The van der Waals surface area contributed by atoms with Crippen LogP contribution in [0.5, 0.6) is 0 Å². The molecule has 1 aromatic heterocycles. The van der Waals surface area contributed by atoms with Crippen molar-refractivity contribution in [2.75, 3.05) is 5.33 Å². The highest BCUT2D eigenvalue weighted by Gasteiger charge is 2.08. The van der Waals surface area contributed by atoms with E-state index in [0.717, 1.165) is 5.33 Å². The molecule has 1 atom stereocenters. The van der Waals surface area contributed by atoms with Gasteiger partial charge in [-0.15, -0.1) is 0 Å². The van der Waals surface area contributed by atoms with Crippen molar-refractivity contribution >= 4 is 26.7 Å². The first kappa shape index (κ1) is 12.1. The summed E-state index contributed by atoms with van der Waals surface area (Å²) in [7, 11) is 0. The summed E-state index contributed by atoms with van der Waals surface area (Å²) in [5.41, 5.74) is -0.366. The molecule has 1 N–H and O–H groups in total. The van der Waals surface area contributed by atoms with Gasteiger partial charge in [-0.2, -0.15) is 0 Å². The molecule has 5 heteroatoms. The Morgan fingerprint density at radius 3 is 2.59 bits per heavy atom. The van der Waals surface area contributed by atoms with E-state index < -0.39 is 0 Å². The molecular formula is C12H13BrN2O2. The second kappa shape index (κ2) is 4.87. The number of aromatic nitrogens is 2. The molecule has 0 bridgehead atoms. The zero-order chi connectivity index (χ0) is 12.4. The smallest absolute Gasteiger partial charge is 0.267 e. The van der Waals surface area contributed by atoms with Crippen molar-refractivity contribution in [1.29, 1.82) is 0 Å². The van der Waals surface area contributed by atoms with Crippen LogP contribution in [0, 0.1) is 5.92 Å². The summed E-state index contributed by atoms with van der Waals surface area (Å²) in [6.45, 7) is 2.51. The Kier molecular flexibility index (Phi) is 3.47. The number of nitrogens with zero attached hydrogens (tertiary/aromatic N) is 1. The van der Waals surface area contributed by atoms with Gasteiger partial charge in [0, 0.05) is 11.9 Å². The number of benzene rings is 1. The van der Waals surface area contributed by atoms with Crippen molar-refractivity contribution in [1.82, 2.24) is 9.78 Å². The fraction of sp³-hybridized carbons (Fsp3) is 0.333. The summed E-state index contributed by atoms with van der Waals surface area (Å²) in [6, 6.07) is 6.86. The number of aromatic amines is 1. The van der Waals surface area contributed by atoms with E-state index in [2.05, 4.69) is 21.0 Å². The average molecular weight is 297 g/mol. The third-order valence-corrected chi connectivity index (χ3v) is 3.75. The minimum Gasteiger partial charge on any atom is -0.267 e. The Labute approximate surface area is 106 Å². The van der Waals surface area contributed by atoms with Gasteiger partial charge in [0.15, 0.2) is 0 Å². The van der Waals surface area contributed by atoms with Crippen molar-refractivity contribution < 1.29 is 0 Å². The lowest BCUT2D eigenvalue weighted by Crippen LogP contribution is -2.31. The van der Waals surface area contributed by atoms with E-state index in [1.54, 1.807) is 24.3 Å². The van der Waals surface area contributed by atoms with Crippen molar-refractivity contribution in [3.05, 3.63) is 45.0 Å². The zero-order valence-corrected chi connectivity index (χ0v) is 11.0. The van der Waals surface area contributed by atoms with Crippen LogP contribution in [-0.4, -0.2) is 15.1 Å². The molecule has 90 valence electrons. The number of fused-ring (bicyclic) bond motifs is 1. The Balaban J connectivity index is 2.63. The first-order valence-corrected chi connectivity index (χ1v) is 6.53. The van der Waals surface area contributed by atoms with Crippen LogP contribution in [0.1, 0.15) is 6.92 Å². The van der Waals surface area contributed by atoms with Crippen LogP contribution in [-0.2, 0) is 6.54 Å². The SMILES string of the molecule is CC(CBr)Cn1[nH]c(=O)c2ccccc2c1=O. The molecule has 0 aliphatic carbocycles. The Morgan fingerprint density at radius 2 is 1.94 bits per heavy atom.